The second kappa shape index (κ2) is 7.52. The summed E-state index contributed by atoms with van der Waals surface area (Å²) >= 11 is 0. The van der Waals surface area contributed by atoms with E-state index in [0.29, 0.717) is 23.7 Å². The molecule has 0 radical (unpaired) electrons. The molecule has 0 aliphatic heterocycles. The number of carbonyl (C=O) groups excluding carboxylic acids is 2. The number of ketones is 1. The fraction of sp³-hybridized carbons (Fsp3) is 0.467. The first-order valence-electron chi connectivity index (χ1n) is 6.49. The lowest BCUT2D eigenvalue weighted by Crippen LogP contribution is -2.40. The van der Waals surface area contributed by atoms with Gasteiger partial charge >= 0.3 is 0 Å². The van der Waals surface area contributed by atoms with E-state index in [9.17, 15) is 9.59 Å². The quantitative estimate of drug-likeness (QED) is 0.822. The SMILES string of the molecule is COc1cc(CC(NC(C)=O)C(C)=O)cc(OC)c1OC. The van der Waals surface area contributed by atoms with Gasteiger partial charge in [-0.05, 0) is 24.6 Å². The fourth-order valence-corrected chi connectivity index (χ4v) is 2.03. The summed E-state index contributed by atoms with van der Waals surface area (Å²) < 4.78 is 15.8. The van der Waals surface area contributed by atoms with Crippen LogP contribution in [0.15, 0.2) is 12.1 Å². The van der Waals surface area contributed by atoms with Crippen LogP contribution in [0.2, 0.25) is 0 Å². The molecule has 1 rings (SSSR count). The van der Waals surface area contributed by atoms with E-state index in [1.165, 1.54) is 35.2 Å². The molecule has 1 aromatic rings. The Morgan fingerprint density at radius 3 is 1.90 bits per heavy atom. The highest BCUT2D eigenvalue weighted by Crippen LogP contribution is 2.38. The molecule has 0 heterocycles. The van der Waals surface area contributed by atoms with Gasteiger partial charge in [0.15, 0.2) is 17.3 Å². The molecule has 0 aliphatic rings. The van der Waals surface area contributed by atoms with Gasteiger partial charge in [0.05, 0.1) is 27.4 Å². The van der Waals surface area contributed by atoms with E-state index in [1.807, 2.05) is 0 Å². The molecule has 6 nitrogen and oxygen atoms in total. The van der Waals surface area contributed by atoms with Crippen molar-refractivity contribution in [2.75, 3.05) is 21.3 Å². The molecule has 116 valence electrons. The Labute approximate surface area is 124 Å². The molecule has 6 heteroatoms. The van der Waals surface area contributed by atoms with Crippen LogP contribution in [0.25, 0.3) is 0 Å². The summed E-state index contributed by atoms with van der Waals surface area (Å²) in [5, 5.41) is 2.63. The molecule has 1 unspecified atom stereocenters. The summed E-state index contributed by atoms with van der Waals surface area (Å²) in [6, 6.07) is 2.95. The van der Waals surface area contributed by atoms with Crippen LogP contribution in [-0.2, 0) is 16.0 Å². The van der Waals surface area contributed by atoms with Crippen LogP contribution in [0.4, 0.5) is 0 Å². The van der Waals surface area contributed by atoms with Gasteiger partial charge in [0, 0.05) is 13.3 Å². The van der Waals surface area contributed by atoms with Gasteiger partial charge in [0.1, 0.15) is 0 Å². The maximum atomic E-state index is 11.6. The maximum absolute atomic E-state index is 11.6. The number of hydrogen-bond acceptors (Lipinski definition) is 5. The standard InChI is InChI=1S/C15H21NO5/c1-9(17)12(16-10(2)18)6-11-7-13(19-3)15(21-5)14(8-11)20-4/h7-8,12H,6H2,1-5H3,(H,16,18). The molecule has 0 spiro atoms. The van der Waals surface area contributed by atoms with Gasteiger partial charge in [0.2, 0.25) is 11.7 Å². The Kier molecular flexibility index (Phi) is 6.02. The van der Waals surface area contributed by atoms with E-state index < -0.39 is 6.04 Å². The van der Waals surface area contributed by atoms with E-state index in [0.717, 1.165) is 5.56 Å². The zero-order valence-electron chi connectivity index (χ0n) is 13.0. The van der Waals surface area contributed by atoms with Gasteiger partial charge in [-0.25, -0.2) is 0 Å². The van der Waals surface area contributed by atoms with Crippen LogP contribution >= 0.6 is 0 Å². The first-order valence-corrected chi connectivity index (χ1v) is 6.49. The van der Waals surface area contributed by atoms with Crippen LogP contribution in [0.1, 0.15) is 19.4 Å². The minimum Gasteiger partial charge on any atom is -0.493 e. The highest BCUT2D eigenvalue weighted by molar-refractivity contribution is 5.86. The van der Waals surface area contributed by atoms with Crippen molar-refractivity contribution in [1.82, 2.24) is 5.32 Å². The molecule has 1 atom stereocenters. The van der Waals surface area contributed by atoms with Crippen LogP contribution in [0.3, 0.4) is 0 Å². The number of ether oxygens (including phenoxy) is 3. The number of nitrogens with one attached hydrogen (secondary N) is 1. The summed E-state index contributed by atoms with van der Waals surface area (Å²) in [5.74, 6) is 1.15. The third-order valence-corrected chi connectivity index (χ3v) is 3.03. The number of Topliss-reactive ketones (excluding diaryl/α,β-unsaturated/α-hetero) is 1. The van der Waals surface area contributed by atoms with E-state index >= 15 is 0 Å². The second-order valence-corrected chi connectivity index (χ2v) is 4.60. The van der Waals surface area contributed by atoms with Gasteiger partial charge < -0.3 is 19.5 Å². The Balaban J connectivity index is 3.12. The highest BCUT2D eigenvalue weighted by Gasteiger charge is 2.19. The average molecular weight is 295 g/mol. The zero-order chi connectivity index (χ0) is 16.0. The number of rotatable bonds is 7. The molecule has 0 aliphatic carbocycles. The molecule has 0 saturated heterocycles. The monoisotopic (exact) mass is 295 g/mol. The Hall–Kier alpha value is -2.24. The van der Waals surface area contributed by atoms with Crippen LogP contribution in [0.5, 0.6) is 17.2 Å². The van der Waals surface area contributed by atoms with Crippen molar-refractivity contribution in [1.29, 1.82) is 0 Å². The minimum absolute atomic E-state index is 0.112. The molecular formula is C15H21NO5. The van der Waals surface area contributed by atoms with Gasteiger partial charge in [-0.15, -0.1) is 0 Å². The van der Waals surface area contributed by atoms with Crippen LogP contribution < -0.4 is 19.5 Å². The Morgan fingerprint density at radius 1 is 1.05 bits per heavy atom. The van der Waals surface area contributed by atoms with Gasteiger partial charge in [-0.1, -0.05) is 0 Å². The summed E-state index contributed by atoms with van der Waals surface area (Å²) in [7, 11) is 4.57. The van der Waals surface area contributed by atoms with E-state index in [-0.39, 0.29) is 11.7 Å². The Morgan fingerprint density at radius 2 is 1.57 bits per heavy atom. The van der Waals surface area contributed by atoms with Crippen molar-refractivity contribution in [3.8, 4) is 17.2 Å². The van der Waals surface area contributed by atoms with Crippen molar-refractivity contribution in [3.05, 3.63) is 17.7 Å². The fourth-order valence-electron chi connectivity index (χ4n) is 2.03. The molecule has 0 fully saturated rings. The minimum atomic E-state index is -0.578. The van der Waals surface area contributed by atoms with E-state index in [4.69, 9.17) is 14.2 Å². The highest BCUT2D eigenvalue weighted by atomic mass is 16.5. The van der Waals surface area contributed by atoms with E-state index in [1.54, 1.807) is 12.1 Å². The number of carbonyl (C=O) groups is 2. The molecule has 21 heavy (non-hydrogen) atoms. The number of benzene rings is 1. The van der Waals surface area contributed by atoms with Crippen molar-refractivity contribution in [3.63, 3.8) is 0 Å². The predicted molar refractivity (Wildman–Crippen MR) is 78.1 cm³/mol. The average Bonchev–Trinajstić information content (AvgIpc) is 2.44. The largest absolute Gasteiger partial charge is 0.493 e. The van der Waals surface area contributed by atoms with Gasteiger partial charge in [0.25, 0.3) is 0 Å². The van der Waals surface area contributed by atoms with E-state index in [2.05, 4.69) is 5.32 Å². The normalized spacial score (nSPS) is 11.5. The summed E-state index contributed by atoms with van der Waals surface area (Å²) in [5.41, 5.74) is 0.804. The lowest BCUT2D eigenvalue weighted by Gasteiger charge is -2.18. The lowest BCUT2D eigenvalue weighted by molar-refractivity contribution is -0.125. The summed E-state index contributed by atoms with van der Waals surface area (Å²) in [6.07, 6.45) is 0.353. The molecule has 0 saturated carbocycles. The third kappa shape index (κ3) is 4.37. The van der Waals surface area contributed by atoms with Gasteiger partial charge in [-0.2, -0.15) is 0 Å². The topological polar surface area (TPSA) is 73.9 Å². The molecule has 1 N–H and O–H groups in total. The molecular weight excluding hydrogens is 274 g/mol. The van der Waals surface area contributed by atoms with Crippen LogP contribution in [-0.4, -0.2) is 39.1 Å². The summed E-state index contributed by atoms with van der Waals surface area (Å²) in [4.78, 5) is 22.8. The number of hydrogen-bond donors (Lipinski definition) is 1. The Bertz CT molecular complexity index is 502. The van der Waals surface area contributed by atoms with Crippen molar-refractivity contribution in [2.45, 2.75) is 26.3 Å². The zero-order valence-corrected chi connectivity index (χ0v) is 13.0. The first-order chi connectivity index (χ1) is 9.92. The molecule has 0 aromatic heterocycles. The molecule has 0 bridgehead atoms. The number of amides is 1. The third-order valence-electron chi connectivity index (χ3n) is 3.03. The second-order valence-electron chi connectivity index (χ2n) is 4.60. The van der Waals surface area contributed by atoms with Crippen molar-refractivity contribution < 1.29 is 23.8 Å². The van der Waals surface area contributed by atoms with Crippen LogP contribution in [0, 0.1) is 0 Å². The van der Waals surface area contributed by atoms with Crippen molar-refractivity contribution >= 4 is 11.7 Å². The predicted octanol–water partition coefficient (Wildman–Crippen LogP) is 1.35. The first kappa shape index (κ1) is 16.8. The smallest absolute Gasteiger partial charge is 0.217 e. The molecule has 1 amide bonds. The summed E-state index contributed by atoms with van der Waals surface area (Å²) in [6.45, 7) is 2.82. The van der Waals surface area contributed by atoms with Crippen molar-refractivity contribution in [2.24, 2.45) is 0 Å². The lowest BCUT2D eigenvalue weighted by atomic mass is 10.0. The number of methoxy groups -OCH3 is 3. The maximum Gasteiger partial charge on any atom is 0.217 e. The van der Waals surface area contributed by atoms with Gasteiger partial charge in [-0.3, -0.25) is 9.59 Å². The molecule has 1 aromatic carbocycles.